The van der Waals surface area contributed by atoms with Crippen LogP contribution < -0.4 is 0 Å². The first-order valence-electron chi connectivity index (χ1n) is 6.35. The van der Waals surface area contributed by atoms with E-state index in [1.165, 1.54) is 6.92 Å². The van der Waals surface area contributed by atoms with Gasteiger partial charge in [-0.2, -0.15) is 0 Å². The Hall–Kier alpha value is -1.10. The number of carbonyl (C=O) groups excluding carboxylic acids is 2. The third-order valence-corrected chi connectivity index (χ3v) is 2.88. The van der Waals surface area contributed by atoms with Crippen LogP contribution in [0.4, 0.5) is 0 Å². The largest absolute Gasteiger partial charge is 0.465 e. The highest BCUT2D eigenvalue weighted by Crippen LogP contribution is 2.36. The maximum atomic E-state index is 12.1. The molecule has 0 saturated heterocycles. The lowest BCUT2D eigenvalue weighted by Crippen LogP contribution is -2.48. The number of ether oxygens (including phenoxy) is 2. The van der Waals surface area contributed by atoms with E-state index in [9.17, 15) is 14.7 Å². The highest BCUT2D eigenvalue weighted by atomic mass is 16.6. The molecule has 0 spiro atoms. The second-order valence-corrected chi connectivity index (χ2v) is 4.62. The van der Waals surface area contributed by atoms with Crippen molar-refractivity contribution in [3.05, 3.63) is 0 Å². The van der Waals surface area contributed by atoms with E-state index in [1.54, 1.807) is 27.7 Å². The highest BCUT2D eigenvalue weighted by Gasteiger charge is 2.52. The zero-order chi connectivity index (χ0) is 14.3. The van der Waals surface area contributed by atoms with Crippen LogP contribution in [0.15, 0.2) is 0 Å². The molecule has 0 rings (SSSR count). The average Bonchev–Trinajstić information content (AvgIpc) is 2.25. The quantitative estimate of drug-likeness (QED) is 0.555. The van der Waals surface area contributed by atoms with E-state index in [0.717, 1.165) is 0 Å². The smallest absolute Gasteiger partial charge is 0.323 e. The van der Waals surface area contributed by atoms with Gasteiger partial charge in [0.15, 0.2) is 5.41 Å². The van der Waals surface area contributed by atoms with Crippen molar-refractivity contribution in [2.24, 2.45) is 11.3 Å². The predicted molar refractivity (Wildman–Crippen MR) is 66.8 cm³/mol. The Morgan fingerprint density at radius 3 is 1.67 bits per heavy atom. The van der Waals surface area contributed by atoms with Crippen molar-refractivity contribution in [3.63, 3.8) is 0 Å². The molecule has 0 aliphatic carbocycles. The number of hydrogen-bond donors (Lipinski definition) is 1. The van der Waals surface area contributed by atoms with Crippen LogP contribution in [0.5, 0.6) is 0 Å². The van der Waals surface area contributed by atoms with Gasteiger partial charge in [0.2, 0.25) is 0 Å². The Kier molecular flexibility index (Phi) is 6.91. The van der Waals surface area contributed by atoms with E-state index in [0.29, 0.717) is 0 Å². The molecule has 1 N–H and O–H groups in total. The summed E-state index contributed by atoms with van der Waals surface area (Å²) >= 11 is 0. The van der Waals surface area contributed by atoms with Crippen LogP contribution in [0.25, 0.3) is 0 Å². The lowest BCUT2D eigenvalue weighted by Gasteiger charge is -2.33. The van der Waals surface area contributed by atoms with Crippen molar-refractivity contribution in [2.45, 2.75) is 47.1 Å². The summed E-state index contributed by atoms with van der Waals surface area (Å²) in [4.78, 5) is 24.2. The zero-order valence-corrected chi connectivity index (χ0v) is 11.9. The fourth-order valence-electron chi connectivity index (χ4n) is 1.94. The van der Waals surface area contributed by atoms with Gasteiger partial charge < -0.3 is 14.6 Å². The summed E-state index contributed by atoms with van der Waals surface area (Å²) in [5.41, 5.74) is -1.43. The van der Waals surface area contributed by atoms with E-state index in [1.807, 2.05) is 0 Å². The summed E-state index contributed by atoms with van der Waals surface area (Å²) in [5, 5.41) is 9.56. The van der Waals surface area contributed by atoms with Gasteiger partial charge >= 0.3 is 11.9 Å². The van der Waals surface area contributed by atoms with Crippen molar-refractivity contribution in [1.82, 2.24) is 0 Å². The molecule has 18 heavy (non-hydrogen) atoms. The molecule has 0 aromatic carbocycles. The van der Waals surface area contributed by atoms with Crippen molar-refractivity contribution in [3.8, 4) is 0 Å². The van der Waals surface area contributed by atoms with Gasteiger partial charge in [0.25, 0.3) is 0 Å². The van der Waals surface area contributed by atoms with Gasteiger partial charge in [-0.05, 0) is 26.7 Å². The zero-order valence-electron chi connectivity index (χ0n) is 11.9. The summed E-state index contributed by atoms with van der Waals surface area (Å²) in [6, 6.07) is 0. The second-order valence-electron chi connectivity index (χ2n) is 4.62. The third-order valence-electron chi connectivity index (χ3n) is 2.88. The molecule has 1 atom stereocenters. The number of aliphatic hydroxyl groups is 1. The third kappa shape index (κ3) is 3.70. The summed E-state index contributed by atoms with van der Waals surface area (Å²) in [6.45, 7) is 8.76. The molecule has 106 valence electrons. The first-order valence-corrected chi connectivity index (χ1v) is 6.35. The summed E-state index contributed by atoms with van der Waals surface area (Å²) in [7, 11) is 0. The van der Waals surface area contributed by atoms with Crippen LogP contribution in [-0.4, -0.2) is 36.4 Å². The van der Waals surface area contributed by atoms with Gasteiger partial charge in [-0.1, -0.05) is 13.8 Å². The molecule has 1 unspecified atom stereocenters. The number of aliphatic hydroxyl groups excluding tert-OH is 1. The maximum Gasteiger partial charge on any atom is 0.323 e. The van der Waals surface area contributed by atoms with Crippen LogP contribution in [-0.2, 0) is 19.1 Å². The van der Waals surface area contributed by atoms with Gasteiger partial charge in [0.1, 0.15) is 0 Å². The lowest BCUT2D eigenvalue weighted by molar-refractivity contribution is -0.178. The number of carbonyl (C=O) groups is 2. The summed E-state index contributed by atoms with van der Waals surface area (Å²) < 4.78 is 9.97. The predicted octanol–water partition coefficient (Wildman–Crippen LogP) is 1.53. The normalized spacial score (nSPS) is 13.3. The minimum Gasteiger partial charge on any atom is -0.465 e. The van der Waals surface area contributed by atoms with Crippen molar-refractivity contribution >= 4 is 11.9 Å². The van der Waals surface area contributed by atoms with Crippen LogP contribution in [0.1, 0.15) is 41.0 Å². The summed E-state index contributed by atoms with van der Waals surface area (Å²) in [5.74, 6) is -1.57. The Morgan fingerprint density at radius 1 is 1.06 bits per heavy atom. The van der Waals surface area contributed by atoms with E-state index in [4.69, 9.17) is 9.47 Å². The average molecular weight is 260 g/mol. The SMILES string of the molecule is CCOC(=O)C(CC(C)O)(C(=O)OCC)C(C)C. The first-order chi connectivity index (χ1) is 8.32. The standard InChI is InChI=1S/C13H24O5/c1-6-17-11(15)13(9(3)4,8-10(5)14)12(16)18-7-2/h9-10,14H,6-8H2,1-5H3. The molecule has 0 aliphatic heterocycles. The molecular weight excluding hydrogens is 236 g/mol. The molecule has 0 aliphatic rings. The molecule has 5 heteroatoms. The van der Waals surface area contributed by atoms with Gasteiger partial charge in [-0.25, -0.2) is 0 Å². The van der Waals surface area contributed by atoms with Crippen molar-refractivity contribution in [2.75, 3.05) is 13.2 Å². The maximum absolute atomic E-state index is 12.1. The van der Waals surface area contributed by atoms with E-state index < -0.39 is 23.5 Å². The number of rotatable bonds is 7. The first kappa shape index (κ1) is 16.9. The van der Waals surface area contributed by atoms with Crippen molar-refractivity contribution in [1.29, 1.82) is 0 Å². The van der Waals surface area contributed by atoms with Gasteiger partial charge in [-0.15, -0.1) is 0 Å². The fourth-order valence-corrected chi connectivity index (χ4v) is 1.94. The molecule has 0 fully saturated rings. The van der Waals surface area contributed by atoms with Crippen LogP contribution in [0.2, 0.25) is 0 Å². The Bertz CT molecular complexity index is 265. The Balaban J connectivity index is 5.41. The molecular formula is C13H24O5. The summed E-state index contributed by atoms with van der Waals surface area (Å²) in [6.07, 6.45) is -0.788. The molecule has 0 radical (unpaired) electrons. The fraction of sp³-hybridized carbons (Fsp3) is 0.846. The number of hydrogen-bond acceptors (Lipinski definition) is 5. The Morgan fingerprint density at radius 2 is 1.44 bits per heavy atom. The molecule has 0 bridgehead atoms. The molecule has 5 nitrogen and oxygen atoms in total. The van der Waals surface area contributed by atoms with Crippen LogP contribution in [0.3, 0.4) is 0 Å². The molecule has 0 aromatic heterocycles. The number of esters is 2. The molecule has 0 amide bonds. The minimum atomic E-state index is -1.43. The van der Waals surface area contributed by atoms with Crippen molar-refractivity contribution < 1.29 is 24.2 Å². The molecule has 0 aromatic rings. The second kappa shape index (κ2) is 7.36. The van der Waals surface area contributed by atoms with Gasteiger partial charge in [0.05, 0.1) is 19.3 Å². The van der Waals surface area contributed by atoms with Crippen LogP contribution >= 0.6 is 0 Å². The highest BCUT2D eigenvalue weighted by molar-refractivity contribution is 6.00. The molecule has 0 heterocycles. The van der Waals surface area contributed by atoms with Crippen LogP contribution in [0, 0.1) is 11.3 Å². The van der Waals surface area contributed by atoms with E-state index >= 15 is 0 Å². The molecule has 0 saturated carbocycles. The van der Waals surface area contributed by atoms with E-state index in [2.05, 4.69) is 0 Å². The minimum absolute atomic E-state index is 0.00231. The topological polar surface area (TPSA) is 72.8 Å². The van der Waals surface area contributed by atoms with Gasteiger partial charge in [0, 0.05) is 6.42 Å². The lowest BCUT2D eigenvalue weighted by atomic mass is 9.73. The van der Waals surface area contributed by atoms with E-state index in [-0.39, 0.29) is 25.6 Å². The van der Waals surface area contributed by atoms with Gasteiger partial charge in [-0.3, -0.25) is 9.59 Å². The monoisotopic (exact) mass is 260 g/mol. The Labute approximate surface area is 108 Å².